The maximum absolute atomic E-state index is 12.3. The fraction of sp³-hybridized carbons (Fsp3) is 0.941. The minimum Gasteiger partial charge on any atom is -0.393 e. The molecule has 5 aliphatic carbocycles. The number of carbonyl (C=O) groups is 1. The molecule has 3 heteroatoms. The molecule has 0 heterocycles. The second-order valence-electron chi connectivity index (χ2n) is 8.39. The van der Waals surface area contributed by atoms with Crippen molar-refractivity contribution in [1.29, 1.82) is 0 Å². The molecule has 20 heavy (non-hydrogen) atoms. The Morgan fingerprint density at radius 1 is 1.00 bits per heavy atom. The summed E-state index contributed by atoms with van der Waals surface area (Å²) in [5.41, 5.74) is 0.359. The first-order chi connectivity index (χ1) is 9.60. The zero-order valence-corrected chi connectivity index (χ0v) is 12.3. The third-order valence-electron chi connectivity index (χ3n) is 6.50. The zero-order valence-electron chi connectivity index (χ0n) is 12.3. The number of aliphatic hydroxyl groups is 1. The van der Waals surface area contributed by atoms with E-state index in [1.807, 2.05) is 0 Å². The lowest BCUT2D eigenvalue weighted by Crippen LogP contribution is -2.48. The first-order valence-electron chi connectivity index (χ1n) is 8.55. The molecule has 0 aromatic carbocycles. The van der Waals surface area contributed by atoms with Crippen molar-refractivity contribution in [2.24, 2.45) is 29.1 Å². The van der Waals surface area contributed by atoms with Gasteiger partial charge in [0.05, 0.1) is 6.10 Å². The van der Waals surface area contributed by atoms with Crippen LogP contribution in [0.4, 0.5) is 0 Å². The quantitative estimate of drug-likeness (QED) is 0.829. The minimum absolute atomic E-state index is 0.111. The van der Waals surface area contributed by atoms with Crippen LogP contribution in [-0.4, -0.2) is 23.7 Å². The van der Waals surface area contributed by atoms with E-state index in [1.165, 1.54) is 38.5 Å². The van der Waals surface area contributed by atoms with E-state index in [1.54, 1.807) is 0 Å². The molecule has 0 aromatic rings. The van der Waals surface area contributed by atoms with Gasteiger partial charge in [0.15, 0.2) is 0 Å². The molecule has 0 saturated heterocycles. The van der Waals surface area contributed by atoms with Gasteiger partial charge >= 0.3 is 0 Å². The molecular weight excluding hydrogens is 250 g/mol. The van der Waals surface area contributed by atoms with Crippen LogP contribution in [0.3, 0.4) is 0 Å². The summed E-state index contributed by atoms with van der Waals surface area (Å²) in [6.07, 6.45) is 10.7. The molecule has 112 valence electrons. The Bertz CT molecular complexity index is 365. The lowest BCUT2D eigenvalue weighted by Gasteiger charge is -2.56. The van der Waals surface area contributed by atoms with Crippen molar-refractivity contribution in [3.63, 3.8) is 0 Å². The number of carbonyl (C=O) groups excluding carboxylic acids is 1. The van der Waals surface area contributed by atoms with E-state index >= 15 is 0 Å². The molecule has 0 aliphatic heterocycles. The Kier molecular flexibility index (Phi) is 3.10. The van der Waals surface area contributed by atoms with Crippen LogP contribution in [0, 0.1) is 29.1 Å². The molecule has 0 radical (unpaired) electrons. The molecule has 5 aliphatic rings. The van der Waals surface area contributed by atoms with Crippen LogP contribution >= 0.6 is 0 Å². The van der Waals surface area contributed by atoms with Crippen molar-refractivity contribution in [3.8, 4) is 0 Å². The number of rotatable bonds is 4. The summed E-state index contributed by atoms with van der Waals surface area (Å²) in [5, 5.41) is 12.4. The van der Waals surface area contributed by atoms with Crippen LogP contribution in [0.1, 0.15) is 57.8 Å². The molecule has 0 aromatic heterocycles. The number of amides is 1. The average molecular weight is 277 g/mol. The molecule has 2 N–H and O–H groups in total. The summed E-state index contributed by atoms with van der Waals surface area (Å²) in [6, 6.07) is 0. The lowest BCUT2D eigenvalue weighted by atomic mass is 9.49. The standard InChI is InChI=1S/C17H27NO2/c19-15-4-14(5-15)10-18-16(20)9-17-6-11-1-12(7-17)3-13(2-11)8-17/h11-15,19H,1-10H2,(H,18,20). The second kappa shape index (κ2) is 4.72. The van der Waals surface area contributed by atoms with Crippen LogP contribution in [0.15, 0.2) is 0 Å². The maximum atomic E-state index is 12.3. The smallest absolute Gasteiger partial charge is 0.220 e. The molecule has 0 atom stereocenters. The van der Waals surface area contributed by atoms with Gasteiger partial charge in [-0.1, -0.05) is 0 Å². The molecule has 5 saturated carbocycles. The number of nitrogens with one attached hydrogen (secondary N) is 1. The first kappa shape index (κ1) is 13.1. The van der Waals surface area contributed by atoms with Gasteiger partial charge in [0, 0.05) is 13.0 Å². The fourth-order valence-electron chi connectivity index (χ4n) is 6.03. The number of aliphatic hydroxyl groups excluding tert-OH is 1. The highest BCUT2D eigenvalue weighted by molar-refractivity contribution is 5.76. The Balaban J connectivity index is 1.31. The predicted octanol–water partition coefficient (Wildman–Crippen LogP) is 2.48. The van der Waals surface area contributed by atoms with E-state index in [0.717, 1.165) is 43.6 Å². The molecular formula is C17H27NO2. The highest BCUT2D eigenvalue weighted by Gasteiger charge is 2.51. The van der Waals surface area contributed by atoms with Gasteiger partial charge in [-0.05, 0) is 80.5 Å². The summed E-state index contributed by atoms with van der Waals surface area (Å²) >= 11 is 0. The highest BCUT2D eigenvalue weighted by atomic mass is 16.3. The lowest BCUT2D eigenvalue weighted by molar-refractivity contribution is -0.130. The van der Waals surface area contributed by atoms with Gasteiger partial charge in [-0.3, -0.25) is 4.79 Å². The van der Waals surface area contributed by atoms with Gasteiger partial charge in [-0.15, -0.1) is 0 Å². The van der Waals surface area contributed by atoms with Crippen LogP contribution in [0.25, 0.3) is 0 Å². The molecule has 5 fully saturated rings. The third kappa shape index (κ3) is 2.38. The van der Waals surface area contributed by atoms with Gasteiger partial charge in [0.25, 0.3) is 0 Å². The van der Waals surface area contributed by atoms with Gasteiger partial charge in [0.2, 0.25) is 5.91 Å². The molecule has 0 unspecified atom stereocenters. The number of hydrogen-bond acceptors (Lipinski definition) is 2. The van der Waals surface area contributed by atoms with Crippen LogP contribution in [0.5, 0.6) is 0 Å². The van der Waals surface area contributed by atoms with E-state index in [-0.39, 0.29) is 12.0 Å². The van der Waals surface area contributed by atoms with Gasteiger partial charge in [-0.25, -0.2) is 0 Å². The summed E-state index contributed by atoms with van der Waals surface area (Å²) < 4.78 is 0. The predicted molar refractivity (Wildman–Crippen MR) is 77.0 cm³/mol. The minimum atomic E-state index is -0.111. The molecule has 0 spiro atoms. The zero-order chi connectivity index (χ0) is 13.7. The van der Waals surface area contributed by atoms with Crippen molar-refractivity contribution in [1.82, 2.24) is 5.32 Å². The maximum Gasteiger partial charge on any atom is 0.220 e. The van der Waals surface area contributed by atoms with Gasteiger partial charge in [0.1, 0.15) is 0 Å². The van der Waals surface area contributed by atoms with Crippen LogP contribution in [-0.2, 0) is 4.79 Å². The van der Waals surface area contributed by atoms with Crippen molar-refractivity contribution < 1.29 is 9.90 Å². The molecule has 3 nitrogen and oxygen atoms in total. The summed E-state index contributed by atoms with van der Waals surface area (Å²) in [4.78, 5) is 12.3. The van der Waals surface area contributed by atoms with E-state index in [4.69, 9.17) is 0 Å². The molecule has 1 amide bonds. The normalized spacial score (nSPS) is 49.0. The monoisotopic (exact) mass is 277 g/mol. The summed E-state index contributed by atoms with van der Waals surface area (Å²) in [5.74, 6) is 3.57. The fourth-order valence-corrected chi connectivity index (χ4v) is 6.03. The molecule has 5 rings (SSSR count). The SMILES string of the molecule is O=C(CC12CC3CC(CC(C3)C1)C2)NCC1CC(O)C1. The molecule has 4 bridgehead atoms. The van der Waals surface area contributed by atoms with E-state index in [2.05, 4.69) is 5.32 Å². The Morgan fingerprint density at radius 3 is 2.05 bits per heavy atom. The van der Waals surface area contributed by atoms with E-state index in [0.29, 0.717) is 11.3 Å². The van der Waals surface area contributed by atoms with Crippen molar-refractivity contribution in [2.45, 2.75) is 63.9 Å². The largest absolute Gasteiger partial charge is 0.393 e. The second-order valence-corrected chi connectivity index (χ2v) is 8.39. The summed E-state index contributed by atoms with van der Waals surface area (Å²) in [6.45, 7) is 0.780. The Hall–Kier alpha value is -0.570. The van der Waals surface area contributed by atoms with Crippen LogP contribution < -0.4 is 5.32 Å². The third-order valence-corrected chi connectivity index (χ3v) is 6.50. The average Bonchev–Trinajstić information content (AvgIpc) is 2.30. The van der Waals surface area contributed by atoms with Gasteiger partial charge < -0.3 is 10.4 Å². The van der Waals surface area contributed by atoms with Crippen molar-refractivity contribution in [2.75, 3.05) is 6.54 Å². The van der Waals surface area contributed by atoms with Crippen molar-refractivity contribution >= 4 is 5.91 Å². The van der Waals surface area contributed by atoms with Crippen LogP contribution in [0.2, 0.25) is 0 Å². The Morgan fingerprint density at radius 2 is 1.55 bits per heavy atom. The van der Waals surface area contributed by atoms with Crippen molar-refractivity contribution in [3.05, 3.63) is 0 Å². The summed E-state index contributed by atoms with van der Waals surface area (Å²) in [7, 11) is 0. The van der Waals surface area contributed by atoms with E-state index in [9.17, 15) is 9.90 Å². The first-order valence-corrected chi connectivity index (χ1v) is 8.55. The van der Waals surface area contributed by atoms with Gasteiger partial charge in [-0.2, -0.15) is 0 Å². The number of hydrogen-bond donors (Lipinski definition) is 2. The Labute approximate surface area is 121 Å². The highest BCUT2D eigenvalue weighted by Crippen LogP contribution is 2.61. The topological polar surface area (TPSA) is 49.3 Å². The van der Waals surface area contributed by atoms with E-state index < -0.39 is 0 Å².